The van der Waals surface area contributed by atoms with E-state index in [-0.39, 0.29) is 24.8 Å². The second-order valence-corrected chi connectivity index (χ2v) is 5.99. The third kappa shape index (κ3) is 8.45. The number of alkyl carbamates (subject to hydrolysis) is 1. The van der Waals surface area contributed by atoms with E-state index in [2.05, 4.69) is 16.0 Å². The quantitative estimate of drug-likeness (QED) is 0.776. The largest absolute Gasteiger partial charge is 0.444 e. The molecule has 1 aromatic carbocycles. The molecule has 0 fully saturated rings. The van der Waals surface area contributed by atoms with Gasteiger partial charge in [-0.3, -0.25) is 9.59 Å². The van der Waals surface area contributed by atoms with Gasteiger partial charge in [-0.1, -0.05) is 6.07 Å². The lowest BCUT2D eigenvalue weighted by Gasteiger charge is -2.19. The van der Waals surface area contributed by atoms with Crippen LogP contribution in [0.15, 0.2) is 24.3 Å². The van der Waals surface area contributed by atoms with Crippen LogP contribution < -0.4 is 16.0 Å². The van der Waals surface area contributed by atoms with Gasteiger partial charge in [0.15, 0.2) is 0 Å². The van der Waals surface area contributed by atoms with Gasteiger partial charge in [0.05, 0.1) is 0 Å². The summed E-state index contributed by atoms with van der Waals surface area (Å²) in [4.78, 5) is 34.3. The van der Waals surface area contributed by atoms with E-state index in [4.69, 9.17) is 4.74 Å². The summed E-state index contributed by atoms with van der Waals surface area (Å²) in [5.41, 5.74) is 0.594. The van der Waals surface area contributed by atoms with Crippen LogP contribution in [0, 0.1) is 0 Å². The molecule has 7 heteroatoms. The molecule has 7 nitrogen and oxygen atoms in total. The Morgan fingerprint density at radius 1 is 1.09 bits per heavy atom. The van der Waals surface area contributed by atoms with Crippen molar-refractivity contribution in [3.05, 3.63) is 24.3 Å². The first-order valence-electron chi connectivity index (χ1n) is 7.30. The summed E-state index contributed by atoms with van der Waals surface area (Å²) in [5.74, 6) is -0.434. The Hall–Kier alpha value is -2.57. The van der Waals surface area contributed by atoms with Crippen LogP contribution in [0.3, 0.4) is 0 Å². The number of amides is 3. The van der Waals surface area contributed by atoms with E-state index >= 15 is 0 Å². The highest BCUT2D eigenvalue weighted by molar-refractivity contribution is 5.93. The summed E-state index contributed by atoms with van der Waals surface area (Å²) in [6, 6.07) is 6.81. The Morgan fingerprint density at radius 2 is 1.70 bits per heavy atom. The second kappa shape index (κ2) is 8.17. The van der Waals surface area contributed by atoms with Gasteiger partial charge in [0.2, 0.25) is 11.8 Å². The van der Waals surface area contributed by atoms with Gasteiger partial charge in [-0.15, -0.1) is 0 Å². The molecular weight excluding hydrogens is 298 g/mol. The summed E-state index contributed by atoms with van der Waals surface area (Å²) in [7, 11) is 0. The minimum atomic E-state index is -0.573. The van der Waals surface area contributed by atoms with Crippen LogP contribution in [-0.4, -0.2) is 30.1 Å². The van der Waals surface area contributed by atoms with Gasteiger partial charge in [-0.05, 0) is 39.0 Å². The molecule has 0 atom stereocenters. The van der Waals surface area contributed by atoms with Crippen LogP contribution in [0.5, 0.6) is 0 Å². The molecule has 0 bridgehead atoms. The van der Waals surface area contributed by atoms with Crippen molar-refractivity contribution in [2.75, 3.05) is 17.2 Å². The van der Waals surface area contributed by atoms with Crippen LogP contribution in [0.25, 0.3) is 0 Å². The molecular formula is C16H23N3O4. The highest BCUT2D eigenvalue weighted by Crippen LogP contribution is 2.15. The van der Waals surface area contributed by atoms with Crippen LogP contribution in [0.1, 0.15) is 34.1 Å². The molecule has 3 amide bonds. The van der Waals surface area contributed by atoms with Crippen molar-refractivity contribution < 1.29 is 19.1 Å². The molecule has 1 aromatic rings. The van der Waals surface area contributed by atoms with Crippen molar-refractivity contribution in [1.82, 2.24) is 5.32 Å². The molecule has 0 aliphatic carbocycles. The van der Waals surface area contributed by atoms with Gasteiger partial charge in [-0.25, -0.2) is 4.79 Å². The Morgan fingerprint density at radius 3 is 2.26 bits per heavy atom. The number of carbonyl (C=O) groups is 3. The van der Waals surface area contributed by atoms with Crippen molar-refractivity contribution in [3.8, 4) is 0 Å². The second-order valence-electron chi connectivity index (χ2n) is 5.99. The monoisotopic (exact) mass is 321 g/mol. The maximum absolute atomic E-state index is 11.8. The van der Waals surface area contributed by atoms with Gasteiger partial charge >= 0.3 is 6.09 Å². The highest BCUT2D eigenvalue weighted by atomic mass is 16.6. The fraction of sp³-hybridized carbons (Fsp3) is 0.438. The van der Waals surface area contributed by atoms with Crippen molar-refractivity contribution in [2.45, 2.75) is 39.7 Å². The molecule has 1 rings (SSSR count). The van der Waals surface area contributed by atoms with E-state index in [1.54, 1.807) is 45.0 Å². The normalized spacial score (nSPS) is 10.6. The Kier molecular flexibility index (Phi) is 6.56. The average molecular weight is 321 g/mol. The van der Waals surface area contributed by atoms with E-state index in [0.717, 1.165) is 0 Å². The van der Waals surface area contributed by atoms with Crippen LogP contribution >= 0.6 is 0 Å². The third-order valence-electron chi connectivity index (χ3n) is 2.49. The topological polar surface area (TPSA) is 96.5 Å². The fourth-order valence-corrected chi connectivity index (χ4v) is 1.69. The number of hydrogen-bond donors (Lipinski definition) is 3. The van der Waals surface area contributed by atoms with Crippen molar-refractivity contribution >= 4 is 29.3 Å². The summed E-state index contributed by atoms with van der Waals surface area (Å²) in [5, 5.41) is 7.84. The molecule has 0 aliphatic heterocycles. The predicted molar refractivity (Wildman–Crippen MR) is 88.2 cm³/mol. The van der Waals surface area contributed by atoms with Crippen molar-refractivity contribution in [2.24, 2.45) is 0 Å². The Labute approximate surface area is 135 Å². The molecule has 0 unspecified atom stereocenters. The van der Waals surface area contributed by atoms with Crippen LogP contribution in [0.2, 0.25) is 0 Å². The highest BCUT2D eigenvalue weighted by Gasteiger charge is 2.15. The number of anilines is 2. The molecule has 0 saturated heterocycles. The zero-order chi connectivity index (χ0) is 17.5. The Balaban J connectivity index is 2.39. The lowest BCUT2D eigenvalue weighted by Crippen LogP contribution is -2.34. The number of carbonyl (C=O) groups excluding carboxylic acids is 3. The van der Waals surface area contributed by atoms with Gasteiger partial charge < -0.3 is 20.7 Å². The SMILES string of the molecule is CC(=O)Nc1cccc(NC(=O)CCNC(=O)OC(C)(C)C)c1. The van der Waals surface area contributed by atoms with E-state index < -0.39 is 11.7 Å². The number of rotatable bonds is 5. The Bertz CT molecular complexity index is 579. The lowest BCUT2D eigenvalue weighted by atomic mass is 10.2. The van der Waals surface area contributed by atoms with E-state index in [9.17, 15) is 14.4 Å². The summed E-state index contributed by atoms with van der Waals surface area (Å²) in [6.07, 6.45) is -0.443. The molecule has 3 N–H and O–H groups in total. The average Bonchev–Trinajstić information content (AvgIpc) is 2.35. The first-order chi connectivity index (χ1) is 10.7. The summed E-state index contributed by atoms with van der Waals surface area (Å²) >= 11 is 0. The molecule has 0 aliphatic rings. The molecule has 0 radical (unpaired) electrons. The molecule has 23 heavy (non-hydrogen) atoms. The lowest BCUT2D eigenvalue weighted by molar-refractivity contribution is -0.116. The first-order valence-corrected chi connectivity index (χ1v) is 7.30. The van der Waals surface area contributed by atoms with E-state index in [1.807, 2.05) is 0 Å². The standard InChI is InChI=1S/C16H23N3O4/c1-11(20)18-12-6-5-7-13(10-12)19-14(21)8-9-17-15(22)23-16(2,3)4/h5-7,10H,8-9H2,1-4H3,(H,17,22)(H,18,20)(H,19,21). The van der Waals surface area contributed by atoms with E-state index in [0.29, 0.717) is 11.4 Å². The van der Waals surface area contributed by atoms with Crippen molar-refractivity contribution in [3.63, 3.8) is 0 Å². The number of nitrogens with one attached hydrogen (secondary N) is 3. The van der Waals surface area contributed by atoms with Crippen LogP contribution in [-0.2, 0) is 14.3 Å². The minimum absolute atomic E-state index is 0.115. The molecule has 0 aromatic heterocycles. The molecule has 0 saturated carbocycles. The maximum atomic E-state index is 11.8. The maximum Gasteiger partial charge on any atom is 0.407 e. The van der Waals surface area contributed by atoms with Gasteiger partial charge in [0, 0.05) is 31.3 Å². The molecule has 0 heterocycles. The molecule has 126 valence electrons. The zero-order valence-electron chi connectivity index (χ0n) is 13.9. The van der Waals surface area contributed by atoms with Gasteiger partial charge in [0.25, 0.3) is 0 Å². The number of benzene rings is 1. The van der Waals surface area contributed by atoms with Gasteiger partial charge in [0.1, 0.15) is 5.60 Å². The van der Waals surface area contributed by atoms with E-state index in [1.165, 1.54) is 6.92 Å². The van der Waals surface area contributed by atoms with Crippen LogP contribution in [0.4, 0.5) is 16.2 Å². The molecule has 0 spiro atoms. The number of hydrogen-bond acceptors (Lipinski definition) is 4. The number of ether oxygens (including phenoxy) is 1. The zero-order valence-corrected chi connectivity index (χ0v) is 13.9. The minimum Gasteiger partial charge on any atom is -0.444 e. The fourth-order valence-electron chi connectivity index (χ4n) is 1.69. The third-order valence-corrected chi connectivity index (χ3v) is 2.49. The summed E-state index contributed by atoms with van der Waals surface area (Å²) < 4.78 is 5.07. The summed E-state index contributed by atoms with van der Waals surface area (Å²) in [6.45, 7) is 6.88. The first kappa shape index (κ1) is 18.5. The smallest absolute Gasteiger partial charge is 0.407 e. The van der Waals surface area contributed by atoms with Crippen molar-refractivity contribution in [1.29, 1.82) is 0 Å². The van der Waals surface area contributed by atoms with Gasteiger partial charge in [-0.2, -0.15) is 0 Å². The predicted octanol–water partition coefficient (Wildman–Crippen LogP) is 2.50.